The molecule has 0 N–H and O–H groups in total. The lowest BCUT2D eigenvalue weighted by Crippen LogP contribution is -2.61. The van der Waals surface area contributed by atoms with Gasteiger partial charge in [0.2, 0.25) is 0 Å². The molecule has 2 heteroatoms. The SMILES string of the molecule is CCN1CC(C)(OCC(C)C)C1. The summed E-state index contributed by atoms with van der Waals surface area (Å²) in [7, 11) is 0. The number of likely N-dealkylation sites (N-methyl/N-ethyl adjacent to an activating group) is 1. The minimum Gasteiger partial charge on any atom is -0.372 e. The van der Waals surface area contributed by atoms with E-state index >= 15 is 0 Å². The van der Waals surface area contributed by atoms with Crippen LogP contribution >= 0.6 is 0 Å². The summed E-state index contributed by atoms with van der Waals surface area (Å²) in [6.07, 6.45) is 0. The Morgan fingerprint density at radius 2 is 2.00 bits per heavy atom. The van der Waals surface area contributed by atoms with Crippen molar-refractivity contribution in [1.82, 2.24) is 4.90 Å². The van der Waals surface area contributed by atoms with Crippen molar-refractivity contribution in [2.75, 3.05) is 26.2 Å². The lowest BCUT2D eigenvalue weighted by Gasteiger charge is -2.47. The van der Waals surface area contributed by atoms with Crippen LogP contribution in [0, 0.1) is 5.92 Å². The molecule has 72 valence electrons. The van der Waals surface area contributed by atoms with Gasteiger partial charge in [-0.05, 0) is 19.4 Å². The summed E-state index contributed by atoms with van der Waals surface area (Å²) < 4.78 is 5.82. The van der Waals surface area contributed by atoms with Crippen molar-refractivity contribution in [3.05, 3.63) is 0 Å². The molecule has 1 rings (SSSR count). The molecule has 0 radical (unpaired) electrons. The molecule has 0 bridgehead atoms. The molecule has 2 nitrogen and oxygen atoms in total. The summed E-state index contributed by atoms with van der Waals surface area (Å²) in [5.41, 5.74) is 0.153. The number of hydrogen-bond donors (Lipinski definition) is 0. The van der Waals surface area contributed by atoms with Crippen LogP contribution in [0.1, 0.15) is 27.7 Å². The minimum absolute atomic E-state index is 0.153. The average Bonchev–Trinajstić information content (AvgIpc) is 1.95. The zero-order chi connectivity index (χ0) is 9.19. The van der Waals surface area contributed by atoms with Crippen molar-refractivity contribution in [2.45, 2.75) is 33.3 Å². The fourth-order valence-electron chi connectivity index (χ4n) is 1.58. The number of rotatable bonds is 4. The first-order valence-corrected chi connectivity index (χ1v) is 4.92. The van der Waals surface area contributed by atoms with Crippen LogP contribution in [-0.4, -0.2) is 36.7 Å². The van der Waals surface area contributed by atoms with Crippen molar-refractivity contribution >= 4 is 0 Å². The first-order valence-electron chi connectivity index (χ1n) is 4.92. The van der Waals surface area contributed by atoms with E-state index in [-0.39, 0.29) is 5.60 Å². The Kier molecular flexibility index (Phi) is 3.13. The molecule has 1 aliphatic heterocycles. The molecule has 1 saturated heterocycles. The van der Waals surface area contributed by atoms with Gasteiger partial charge in [0, 0.05) is 19.7 Å². The van der Waals surface area contributed by atoms with Gasteiger partial charge in [-0.25, -0.2) is 0 Å². The summed E-state index contributed by atoms with van der Waals surface area (Å²) >= 11 is 0. The van der Waals surface area contributed by atoms with Gasteiger partial charge in [-0.3, -0.25) is 4.90 Å². The summed E-state index contributed by atoms with van der Waals surface area (Å²) in [5.74, 6) is 0.650. The molecule has 0 atom stereocenters. The summed E-state index contributed by atoms with van der Waals surface area (Å²) in [5, 5.41) is 0. The highest BCUT2D eigenvalue weighted by atomic mass is 16.5. The summed E-state index contributed by atoms with van der Waals surface area (Å²) in [6.45, 7) is 13.1. The Balaban J connectivity index is 2.16. The second-order valence-electron chi connectivity index (χ2n) is 4.46. The third kappa shape index (κ3) is 2.46. The smallest absolute Gasteiger partial charge is 0.0907 e. The van der Waals surface area contributed by atoms with E-state index in [0.717, 1.165) is 26.2 Å². The van der Waals surface area contributed by atoms with E-state index in [1.807, 2.05) is 0 Å². The van der Waals surface area contributed by atoms with E-state index in [2.05, 4.69) is 32.6 Å². The van der Waals surface area contributed by atoms with E-state index in [0.29, 0.717) is 5.92 Å². The molecule has 1 fully saturated rings. The molecule has 0 saturated carbocycles. The Bertz CT molecular complexity index is 139. The normalized spacial score (nSPS) is 22.8. The zero-order valence-corrected chi connectivity index (χ0v) is 8.76. The number of likely N-dealkylation sites (tertiary alicyclic amines) is 1. The molecule has 1 aliphatic rings. The van der Waals surface area contributed by atoms with Crippen molar-refractivity contribution in [3.63, 3.8) is 0 Å². The molecule has 0 unspecified atom stereocenters. The fourth-order valence-corrected chi connectivity index (χ4v) is 1.58. The second-order valence-corrected chi connectivity index (χ2v) is 4.46. The van der Waals surface area contributed by atoms with Crippen molar-refractivity contribution in [3.8, 4) is 0 Å². The van der Waals surface area contributed by atoms with Crippen molar-refractivity contribution < 1.29 is 4.74 Å². The predicted octanol–water partition coefficient (Wildman–Crippen LogP) is 1.75. The minimum atomic E-state index is 0.153. The van der Waals surface area contributed by atoms with Crippen LogP contribution in [0.2, 0.25) is 0 Å². The largest absolute Gasteiger partial charge is 0.372 e. The number of nitrogens with zero attached hydrogens (tertiary/aromatic N) is 1. The van der Waals surface area contributed by atoms with Crippen LogP contribution in [0.5, 0.6) is 0 Å². The highest BCUT2D eigenvalue weighted by Crippen LogP contribution is 2.24. The van der Waals surface area contributed by atoms with Crippen LogP contribution in [0.3, 0.4) is 0 Å². The molecule has 0 aromatic heterocycles. The van der Waals surface area contributed by atoms with Crippen LogP contribution < -0.4 is 0 Å². The Morgan fingerprint density at radius 1 is 1.42 bits per heavy atom. The molecular weight excluding hydrogens is 150 g/mol. The van der Waals surface area contributed by atoms with Crippen LogP contribution in [0.15, 0.2) is 0 Å². The second kappa shape index (κ2) is 3.75. The maximum atomic E-state index is 5.82. The van der Waals surface area contributed by atoms with Gasteiger partial charge in [0.15, 0.2) is 0 Å². The molecule has 0 aromatic rings. The number of ether oxygens (including phenoxy) is 1. The van der Waals surface area contributed by atoms with Gasteiger partial charge < -0.3 is 4.74 Å². The van der Waals surface area contributed by atoms with Crippen molar-refractivity contribution in [1.29, 1.82) is 0 Å². The van der Waals surface area contributed by atoms with E-state index in [1.54, 1.807) is 0 Å². The maximum Gasteiger partial charge on any atom is 0.0907 e. The van der Waals surface area contributed by atoms with Crippen molar-refractivity contribution in [2.24, 2.45) is 5.92 Å². The van der Waals surface area contributed by atoms with Gasteiger partial charge >= 0.3 is 0 Å². The van der Waals surface area contributed by atoms with E-state index < -0.39 is 0 Å². The third-order valence-corrected chi connectivity index (χ3v) is 2.33. The van der Waals surface area contributed by atoms with Gasteiger partial charge in [0.25, 0.3) is 0 Å². The van der Waals surface area contributed by atoms with Crippen LogP contribution in [-0.2, 0) is 4.74 Å². The zero-order valence-electron chi connectivity index (χ0n) is 8.76. The fraction of sp³-hybridized carbons (Fsp3) is 1.00. The standard InChI is InChI=1S/C10H21NO/c1-5-11-7-10(4,8-11)12-6-9(2)3/h9H,5-8H2,1-4H3. The Labute approximate surface area is 75.9 Å². The van der Waals surface area contributed by atoms with Gasteiger partial charge in [0.05, 0.1) is 5.60 Å². The average molecular weight is 171 g/mol. The lowest BCUT2D eigenvalue weighted by atomic mass is 9.96. The van der Waals surface area contributed by atoms with E-state index in [1.165, 1.54) is 0 Å². The summed E-state index contributed by atoms with van der Waals surface area (Å²) in [4.78, 5) is 2.40. The maximum absolute atomic E-state index is 5.82. The topological polar surface area (TPSA) is 12.5 Å². The molecule has 0 amide bonds. The van der Waals surface area contributed by atoms with Gasteiger partial charge in [-0.1, -0.05) is 20.8 Å². The van der Waals surface area contributed by atoms with E-state index in [4.69, 9.17) is 4.74 Å². The van der Waals surface area contributed by atoms with Gasteiger partial charge in [0.1, 0.15) is 0 Å². The molecule has 12 heavy (non-hydrogen) atoms. The Hall–Kier alpha value is -0.0800. The molecule has 0 spiro atoms. The van der Waals surface area contributed by atoms with Crippen LogP contribution in [0.4, 0.5) is 0 Å². The predicted molar refractivity (Wildman–Crippen MR) is 51.3 cm³/mol. The first-order chi connectivity index (χ1) is 5.56. The van der Waals surface area contributed by atoms with Crippen LogP contribution in [0.25, 0.3) is 0 Å². The number of hydrogen-bond acceptors (Lipinski definition) is 2. The quantitative estimate of drug-likeness (QED) is 0.639. The third-order valence-electron chi connectivity index (χ3n) is 2.33. The molecular formula is C10H21NO. The Morgan fingerprint density at radius 3 is 2.42 bits per heavy atom. The lowest BCUT2D eigenvalue weighted by molar-refractivity contribution is -0.136. The monoisotopic (exact) mass is 171 g/mol. The van der Waals surface area contributed by atoms with Gasteiger partial charge in [-0.15, -0.1) is 0 Å². The first kappa shape index (κ1) is 10.0. The molecule has 0 aliphatic carbocycles. The highest BCUT2D eigenvalue weighted by Gasteiger charge is 2.38. The van der Waals surface area contributed by atoms with E-state index in [9.17, 15) is 0 Å². The summed E-state index contributed by atoms with van der Waals surface area (Å²) in [6, 6.07) is 0. The highest BCUT2D eigenvalue weighted by molar-refractivity contribution is 4.92. The molecule has 0 aromatic carbocycles. The van der Waals surface area contributed by atoms with Gasteiger partial charge in [-0.2, -0.15) is 0 Å². The molecule has 1 heterocycles.